The lowest BCUT2D eigenvalue weighted by atomic mass is 10.0. The van der Waals surface area contributed by atoms with E-state index in [1.54, 1.807) is 11.6 Å². The minimum absolute atomic E-state index is 0.0766. The van der Waals surface area contributed by atoms with E-state index in [-0.39, 0.29) is 18.3 Å². The van der Waals surface area contributed by atoms with Crippen molar-refractivity contribution in [1.29, 1.82) is 0 Å². The summed E-state index contributed by atoms with van der Waals surface area (Å²) in [4.78, 5) is 25.4. The van der Waals surface area contributed by atoms with E-state index >= 15 is 0 Å². The van der Waals surface area contributed by atoms with Gasteiger partial charge in [-0.25, -0.2) is 4.79 Å². The average Bonchev–Trinajstić information content (AvgIpc) is 3.46. The van der Waals surface area contributed by atoms with Gasteiger partial charge in [0.1, 0.15) is 10.6 Å². The summed E-state index contributed by atoms with van der Waals surface area (Å²) in [5, 5.41) is 17.4. The van der Waals surface area contributed by atoms with E-state index in [1.807, 2.05) is 66.9 Å². The minimum Gasteiger partial charge on any atom is -0.462 e. The van der Waals surface area contributed by atoms with Crippen LogP contribution >= 0.6 is 23.1 Å². The van der Waals surface area contributed by atoms with Gasteiger partial charge in [0.05, 0.1) is 18.0 Å². The zero-order valence-electron chi connectivity index (χ0n) is 18.0. The van der Waals surface area contributed by atoms with Crippen molar-refractivity contribution in [1.82, 2.24) is 20.2 Å². The third-order valence-corrected chi connectivity index (χ3v) is 6.47. The highest BCUT2D eigenvalue weighted by Gasteiger charge is 2.23. The number of tetrazole rings is 1. The number of amides is 1. The number of nitrogens with zero attached hydrogens (tertiary/aromatic N) is 4. The first-order chi connectivity index (χ1) is 16.1. The molecule has 1 N–H and O–H groups in total. The normalized spacial score (nSPS) is 10.7. The smallest absolute Gasteiger partial charge is 0.341 e. The molecule has 0 bridgehead atoms. The summed E-state index contributed by atoms with van der Waals surface area (Å²) >= 11 is 2.50. The number of carbonyl (C=O) groups is 2. The van der Waals surface area contributed by atoms with Gasteiger partial charge < -0.3 is 10.1 Å². The molecule has 2 heterocycles. The molecule has 0 atom stereocenters. The number of rotatable bonds is 8. The third kappa shape index (κ3) is 5.29. The number of ether oxygens (including phenoxy) is 1. The zero-order chi connectivity index (χ0) is 23.2. The largest absolute Gasteiger partial charge is 0.462 e. The summed E-state index contributed by atoms with van der Waals surface area (Å²) in [5.74, 6) is -0.663. The Kier molecular flexibility index (Phi) is 7.16. The molecule has 33 heavy (non-hydrogen) atoms. The van der Waals surface area contributed by atoms with Crippen molar-refractivity contribution in [3.8, 4) is 16.8 Å². The minimum atomic E-state index is -0.467. The molecule has 1 amide bonds. The van der Waals surface area contributed by atoms with Crippen LogP contribution in [-0.2, 0) is 9.53 Å². The second-order valence-electron chi connectivity index (χ2n) is 6.99. The van der Waals surface area contributed by atoms with Gasteiger partial charge in [-0.1, -0.05) is 59.8 Å². The van der Waals surface area contributed by atoms with Gasteiger partial charge in [0.25, 0.3) is 0 Å². The molecule has 2 aromatic carbocycles. The Labute approximate surface area is 199 Å². The van der Waals surface area contributed by atoms with Crippen molar-refractivity contribution in [2.24, 2.45) is 0 Å². The topological polar surface area (TPSA) is 99.0 Å². The molecule has 0 radical (unpaired) electrons. The zero-order valence-corrected chi connectivity index (χ0v) is 19.7. The fraction of sp³-hybridized carbons (Fsp3) is 0.174. The highest BCUT2D eigenvalue weighted by atomic mass is 32.2. The van der Waals surface area contributed by atoms with Crippen molar-refractivity contribution in [2.75, 3.05) is 17.7 Å². The van der Waals surface area contributed by atoms with Crippen LogP contribution in [0.1, 0.15) is 22.8 Å². The molecule has 0 aliphatic carbocycles. The molecule has 4 rings (SSSR count). The van der Waals surface area contributed by atoms with Crippen LogP contribution in [0.4, 0.5) is 5.00 Å². The summed E-state index contributed by atoms with van der Waals surface area (Å²) in [6, 6.07) is 17.3. The second-order valence-corrected chi connectivity index (χ2v) is 8.81. The van der Waals surface area contributed by atoms with Crippen LogP contribution < -0.4 is 5.32 Å². The molecular formula is C23H21N5O3S2. The van der Waals surface area contributed by atoms with Gasteiger partial charge in [0, 0.05) is 10.9 Å². The first-order valence-corrected chi connectivity index (χ1v) is 12.1. The Morgan fingerprint density at radius 1 is 1.12 bits per heavy atom. The molecule has 2 aromatic heterocycles. The van der Waals surface area contributed by atoms with E-state index in [0.29, 0.717) is 15.7 Å². The Balaban J connectivity index is 1.51. The molecule has 0 unspecified atom stereocenters. The lowest BCUT2D eigenvalue weighted by Gasteiger charge is -2.09. The number of thioether (sulfide) groups is 1. The number of hydrogen-bond acceptors (Lipinski definition) is 8. The molecule has 168 valence electrons. The van der Waals surface area contributed by atoms with E-state index in [1.165, 1.54) is 23.1 Å². The number of aromatic nitrogens is 4. The van der Waals surface area contributed by atoms with Crippen molar-refractivity contribution in [2.45, 2.75) is 19.0 Å². The van der Waals surface area contributed by atoms with Crippen LogP contribution in [0, 0.1) is 6.92 Å². The maximum atomic E-state index is 12.7. The van der Waals surface area contributed by atoms with Gasteiger partial charge in [-0.3, -0.25) is 4.79 Å². The van der Waals surface area contributed by atoms with Crippen LogP contribution in [-0.4, -0.2) is 44.4 Å². The Hall–Kier alpha value is -3.50. The summed E-state index contributed by atoms with van der Waals surface area (Å²) in [5.41, 5.74) is 3.90. The quantitative estimate of drug-likeness (QED) is 0.291. The number of benzene rings is 2. The number of hydrogen-bond donors (Lipinski definition) is 1. The number of carbonyl (C=O) groups excluding carboxylic acids is 2. The van der Waals surface area contributed by atoms with Gasteiger partial charge in [-0.05, 0) is 42.0 Å². The van der Waals surface area contributed by atoms with Crippen LogP contribution in [0.15, 0.2) is 65.1 Å². The molecular weight excluding hydrogens is 458 g/mol. The van der Waals surface area contributed by atoms with Gasteiger partial charge in [-0.15, -0.1) is 16.4 Å². The lowest BCUT2D eigenvalue weighted by molar-refractivity contribution is -0.113. The first-order valence-electron chi connectivity index (χ1n) is 10.2. The monoisotopic (exact) mass is 479 g/mol. The number of aryl methyl sites for hydroxylation is 1. The molecule has 0 saturated carbocycles. The number of para-hydroxylation sites is 1. The highest BCUT2D eigenvalue weighted by Crippen LogP contribution is 2.36. The van der Waals surface area contributed by atoms with Crippen molar-refractivity contribution in [3.05, 3.63) is 71.1 Å². The third-order valence-electron chi connectivity index (χ3n) is 4.66. The highest BCUT2D eigenvalue weighted by molar-refractivity contribution is 7.99. The van der Waals surface area contributed by atoms with Crippen LogP contribution in [0.25, 0.3) is 16.8 Å². The molecule has 0 spiro atoms. The first kappa shape index (κ1) is 22.7. The maximum absolute atomic E-state index is 12.7. The predicted octanol–water partition coefficient (Wildman–Crippen LogP) is 4.61. The summed E-state index contributed by atoms with van der Waals surface area (Å²) in [6.07, 6.45) is 0. The fourth-order valence-electron chi connectivity index (χ4n) is 3.09. The molecule has 0 saturated heterocycles. The standard InChI is InChI=1S/C23H21N5O3S2/c1-3-31-22(30)20-18(16-11-9-15(2)10-12-16)13-32-21(20)24-19(29)14-33-23-25-26-27-28(23)17-7-5-4-6-8-17/h4-13H,3,14H2,1-2H3,(H,24,29). The second kappa shape index (κ2) is 10.4. The van der Waals surface area contributed by atoms with Crippen molar-refractivity contribution < 1.29 is 14.3 Å². The van der Waals surface area contributed by atoms with E-state index < -0.39 is 5.97 Å². The molecule has 0 aliphatic rings. The summed E-state index contributed by atoms with van der Waals surface area (Å²) in [7, 11) is 0. The average molecular weight is 480 g/mol. The SMILES string of the molecule is CCOC(=O)c1c(-c2ccc(C)cc2)csc1NC(=O)CSc1nnnn1-c1ccccc1. The molecule has 0 fully saturated rings. The Morgan fingerprint density at radius 3 is 2.61 bits per heavy atom. The van der Waals surface area contributed by atoms with E-state index in [2.05, 4.69) is 20.8 Å². The van der Waals surface area contributed by atoms with E-state index in [0.717, 1.165) is 22.4 Å². The molecule has 8 nitrogen and oxygen atoms in total. The van der Waals surface area contributed by atoms with Gasteiger partial charge >= 0.3 is 5.97 Å². The maximum Gasteiger partial charge on any atom is 0.341 e. The summed E-state index contributed by atoms with van der Waals surface area (Å²) < 4.78 is 6.83. The van der Waals surface area contributed by atoms with Crippen LogP contribution in [0.2, 0.25) is 0 Å². The number of nitrogens with one attached hydrogen (secondary N) is 1. The lowest BCUT2D eigenvalue weighted by Crippen LogP contribution is -2.16. The Bertz CT molecular complexity index is 1250. The number of thiophene rings is 1. The van der Waals surface area contributed by atoms with E-state index in [9.17, 15) is 9.59 Å². The van der Waals surface area contributed by atoms with Crippen molar-refractivity contribution in [3.63, 3.8) is 0 Å². The van der Waals surface area contributed by atoms with Gasteiger partial charge in [0.2, 0.25) is 11.1 Å². The summed E-state index contributed by atoms with van der Waals surface area (Å²) in [6.45, 7) is 4.00. The van der Waals surface area contributed by atoms with Crippen LogP contribution in [0.5, 0.6) is 0 Å². The van der Waals surface area contributed by atoms with Gasteiger partial charge in [-0.2, -0.15) is 4.68 Å². The van der Waals surface area contributed by atoms with Crippen molar-refractivity contribution >= 4 is 40.0 Å². The fourth-order valence-corrected chi connectivity index (χ4v) is 4.76. The molecule has 4 aromatic rings. The number of anilines is 1. The van der Waals surface area contributed by atoms with Crippen LogP contribution in [0.3, 0.4) is 0 Å². The van der Waals surface area contributed by atoms with E-state index in [4.69, 9.17) is 4.74 Å². The predicted molar refractivity (Wildman–Crippen MR) is 129 cm³/mol. The Morgan fingerprint density at radius 2 is 1.88 bits per heavy atom. The molecule has 0 aliphatic heterocycles. The molecule has 10 heteroatoms. The number of esters is 1. The van der Waals surface area contributed by atoms with Gasteiger partial charge in [0.15, 0.2) is 0 Å².